The number of anilines is 1. The minimum absolute atomic E-state index is 0.0593. The van der Waals surface area contributed by atoms with E-state index in [9.17, 15) is 8.42 Å². The zero-order valence-electron chi connectivity index (χ0n) is 11.5. The maximum absolute atomic E-state index is 12.1. The third kappa shape index (κ3) is 3.81. The van der Waals surface area contributed by atoms with Crippen molar-refractivity contribution in [2.24, 2.45) is 5.73 Å². The number of nitrogens with two attached hydrogens (primary N) is 1. The summed E-state index contributed by atoms with van der Waals surface area (Å²) in [6.07, 6.45) is 2.31. The Morgan fingerprint density at radius 2 is 1.90 bits per heavy atom. The first-order valence-electron chi connectivity index (χ1n) is 6.79. The zero-order chi connectivity index (χ0) is 14.9. The van der Waals surface area contributed by atoms with Crippen LogP contribution in [0.4, 0.5) is 5.13 Å². The second-order valence-electron chi connectivity index (χ2n) is 5.23. The summed E-state index contributed by atoms with van der Waals surface area (Å²) in [6.45, 7) is 0.453. The molecule has 1 saturated carbocycles. The van der Waals surface area contributed by atoms with E-state index in [1.165, 1.54) is 11.3 Å². The number of sulfonamides is 1. The smallest absolute Gasteiger partial charge is 0.238 e. The van der Waals surface area contributed by atoms with Gasteiger partial charge in [0.1, 0.15) is 0 Å². The quantitative estimate of drug-likeness (QED) is 0.855. The summed E-state index contributed by atoms with van der Waals surface area (Å²) < 4.78 is 26.9. The summed E-state index contributed by atoms with van der Waals surface area (Å²) in [7, 11) is -3.43. The molecule has 0 saturated heterocycles. The molecule has 2 aromatic rings. The highest BCUT2D eigenvalue weighted by Crippen LogP contribution is 2.41. The van der Waals surface area contributed by atoms with Gasteiger partial charge in [0.25, 0.3) is 0 Å². The zero-order valence-corrected chi connectivity index (χ0v) is 13.1. The van der Waals surface area contributed by atoms with Gasteiger partial charge in [0.2, 0.25) is 10.0 Å². The first-order chi connectivity index (χ1) is 10.1. The third-order valence-corrected chi connectivity index (χ3v) is 5.50. The molecule has 1 aromatic carbocycles. The van der Waals surface area contributed by atoms with Gasteiger partial charge in [-0.05, 0) is 24.0 Å². The standard InChI is InChI=1S/C14H17N3O2S2/c15-7-10-1-3-11(4-2-10)9-21(18,19)17-14-16-13(8-20-14)12-5-6-12/h1-4,8,12H,5-7,9,15H2,(H,16,17). The largest absolute Gasteiger partial charge is 0.326 e. The second-order valence-corrected chi connectivity index (χ2v) is 7.81. The van der Waals surface area contributed by atoms with E-state index < -0.39 is 10.0 Å². The van der Waals surface area contributed by atoms with Crippen molar-refractivity contribution in [1.82, 2.24) is 4.98 Å². The number of nitrogens with one attached hydrogen (secondary N) is 1. The van der Waals surface area contributed by atoms with Crippen LogP contribution >= 0.6 is 11.3 Å². The summed E-state index contributed by atoms with van der Waals surface area (Å²) in [4.78, 5) is 4.34. The monoisotopic (exact) mass is 323 g/mol. The van der Waals surface area contributed by atoms with Crippen molar-refractivity contribution in [1.29, 1.82) is 0 Å². The average Bonchev–Trinajstić information content (AvgIpc) is 3.20. The van der Waals surface area contributed by atoms with Crippen LogP contribution in [-0.2, 0) is 22.3 Å². The number of benzene rings is 1. The van der Waals surface area contributed by atoms with Crippen molar-refractivity contribution >= 4 is 26.5 Å². The van der Waals surface area contributed by atoms with E-state index in [0.717, 1.165) is 29.7 Å². The highest BCUT2D eigenvalue weighted by atomic mass is 32.2. The number of thiazole rings is 1. The van der Waals surface area contributed by atoms with Crippen LogP contribution in [0.1, 0.15) is 35.6 Å². The third-order valence-electron chi connectivity index (χ3n) is 3.38. The van der Waals surface area contributed by atoms with Gasteiger partial charge in [-0.15, -0.1) is 11.3 Å². The Bertz CT molecular complexity index is 719. The molecule has 0 radical (unpaired) electrons. The van der Waals surface area contributed by atoms with Gasteiger partial charge in [-0.1, -0.05) is 24.3 Å². The van der Waals surface area contributed by atoms with Crippen LogP contribution in [-0.4, -0.2) is 13.4 Å². The predicted octanol–water partition coefficient (Wildman–Crippen LogP) is 2.42. The van der Waals surface area contributed by atoms with Crippen molar-refractivity contribution in [2.75, 3.05) is 4.72 Å². The van der Waals surface area contributed by atoms with Crippen molar-refractivity contribution in [3.63, 3.8) is 0 Å². The van der Waals surface area contributed by atoms with Crippen LogP contribution in [0.15, 0.2) is 29.6 Å². The fourth-order valence-corrected chi connectivity index (χ4v) is 4.28. The normalized spacial score (nSPS) is 15.1. The number of hydrogen-bond acceptors (Lipinski definition) is 5. The maximum atomic E-state index is 12.1. The summed E-state index contributed by atoms with van der Waals surface area (Å²) in [5, 5.41) is 2.39. The first-order valence-corrected chi connectivity index (χ1v) is 9.33. The van der Waals surface area contributed by atoms with E-state index in [2.05, 4.69) is 9.71 Å². The summed E-state index contributed by atoms with van der Waals surface area (Å²) in [6, 6.07) is 7.27. The lowest BCUT2D eigenvalue weighted by molar-refractivity contribution is 0.600. The second kappa shape index (κ2) is 5.75. The lowest BCUT2D eigenvalue weighted by Crippen LogP contribution is -2.15. The molecule has 1 aromatic heterocycles. The number of aromatic nitrogens is 1. The molecule has 1 heterocycles. The van der Waals surface area contributed by atoms with Crippen LogP contribution in [0.2, 0.25) is 0 Å². The molecule has 1 fully saturated rings. The Kier molecular flexibility index (Phi) is 3.97. The molecule has 0 unspecified atom stereocenters. The Morgan fingerprint density at radius 3 is 2.52 bits per heavy atom. The molecule has 5 nitrogen and oxygen atoms in total. The van der Waals surface area contributed by atoms with Gasteiger partial charge in [-0.3, -0.25) is 4.72 Å². The van der Waals surface area contributed by atoms with Crippen LogP contribution in [0.5, 0.6) is 0 Å². The molecule has 0 atom stereocenters. The number of nitrogens with zero attached hydrogens (tertiary/aromatic N) is 1. The van der Waals surface area contributed by atoms with Gasteiger partial charge in [0.05, 0.1) is 11.4 Å². The Morgan fingerprint density at radius 1 is 1.24 bits per heavy atom. The molecule has 1 aliphatic rings. The highest BCUT2D eigenvalue weighted by molar-refractivity contribution is 7.92. The number of hydrogen-bond donors (Lipinski definition) is 2. The molecule has 0 amide bonds. The molecule has 0 spiro atoms. The maximum Gasteiger partial charge on any atom is 0.238 e. The van der Waals surface area contributed by atoms with E-state index >= 15 is 0 Å². The van der Waals surface area contributed by atoms with Crippen molar-refractivity contribution in [3.05, 3.63) is 46.5 Å². The first kappa shape index (κ1) is 14.5. The van der Waals surface area contributed by atoms with Crippen LogP contribution < -0.4 is 10.5 Å². The van der Waals surface area contributed by atoms with Gasteiger partial charge in [-0.25, -0.2) is 13.4 Å². The van der Waals surface area contributed by atoms with Crippen LogP contribution in [0, 0.1) is 0 Å². The van der Waals surface area contributed by atoms with Gasteiger partial charge >= 0.3 is 0 Å². The van der Waals surface area contributed by atoms with E-state index in [1.807, 2.05) is 17.5 Å². The van der Waals surface area contributed by atoms with Gasteiger partial charge < -0.3 is 5.73 Å². The predicted molar refractivity (Wildman–Crippen MR) is 84.7 cm³/mol. The van der Waals surface area contributed by atoms with E-state index in [-0.39, 0.29) is 5.75 Å². The topological polar surface area (TPSA) is 85.1 Å². The SMILES string of the molecule is NCc1ccc(CS(=O)(=O)Nc2nc(C3CC3)cs2)cc1. The van der Waals surface area contributed by atoms with Crippen LogP contribution in [0.25, 0.3) is 0 Å². The highest BCUT2D eigenvalue weighted by Gasteiger charge is 2.26. The molecular weight excluding hydrogens is 306 g/mol. The molecule has 3 rings (SSSR count). The van der Waals surface area contributed by atoms with Gasteiger partial charge in [0.15, 0.2) is 5.13 Å². The van der Waals surface area contributed by atoms with Gasteiger partial charge in [-0.2, -0.15) is 0 Å². The lowest BCUT2D eigenvalue weighted by Gasteiger charge is -2.06. The summed E-state index contributed by atoms with van der Waals surface area (Å²) >= 11 is 1.34. The molecular formula is C14H17N3O2S2. The molecule has 0 bridgehead atoms. The van der Waals surface area contributed by atoms with E-state index in [0.29, 0.717) is 17.6 Å². The number of rotatable bonds is 6. The summed E-state index contributed by atoms with van der Waals surface area (Å²) in [5.41, 5.74) is 8.25. The van der Waals surface area contributed by atoms with Crippen LogP contribution in [0.3, 0.4) is 0 Å². The van der Waals surface area contributed by atoms with Gasteiger partial charge in [0, 0.05) is 17.8 Å². The Hall–Kier alpha value is -1.44. The average molecular weight is 323 g/mol. The van der Waals surface area contributed by atoms with E-state index in [4.69, 9.17) is 5.73 Å². The summed E-state index contributed by atoms with van der Waals surface area (Å²) in [5.74, 6) is 0.472. The fourth-order valence-electron chi connectivity index (χ4n) is 2.06. The van der Waals surface area contributed by atoms with Crippen molar-refractivity contribution in [3.8, 4) is 0 Å². The Balaban J connectivity index is 1.67. The molecule has 112 valence electrons. The minimum Gasteiger partial charge on any atom is -0.326 e. The molecule has 21 heavy (non-hydrogen) atoms. The molecule has 7 heteroatoms. The fraction of sp³-hybridized carbons (Fsp3) is 0.357. The van der Waals surface area contributed by atoms with Crippen molar-refractivity contribution < 1.29 is 8.42 Å². The van der Waals surface area contributed by atoms with E-state index in [1.54, 1.807) is 12.1 Å². The Labute approximate surface area is 128 Å². The molecule has 0 aliphatic heterocycles. The molecule has 3 N–H and O–H groups in total. The minimum atomic E-state index is -3.43. The van der Waals surface area contributed by atoms with Crippen molar-refractivity contribution in [2.45, 2.75) is 31.1 Å². The molecule has 1 aliphatic carbocycles. The lowest BCUT2D eigenvalue weighted by atomic mass is 10.1.